The first-order valence-corrected chi connectivity index (χ1v) is 8.73. The molecule has 0 radical (unpaired) electrons. The molecule has 0 saturated heterocycles. The van der Waals surface area contributed by atoms with E-state index in [2.05, 4.69) is 0 Å². The Labute approximate surface area is 126 Å². The Morgan fingerprint density at radius 2 is 1.71 bits per heavy atom. The largest absolute Gasteiger partial charge is 0.450 e. The summed E-state index contributed by atoms with van der Waals surface area (Å²) in [4.78, 5) is 11.3. The van der Waals surface area contributed by atoms with Gasteiger partial charge in [-0.3, -0.25) is 9.36 Å². The van der Waals surface area contributed by atoms with Crippen LogP contribution in [0.4, 0.5) is 0 Å². The lowest BCUT2D eigenvalue weighted by molar-refractivity contribution is -0.143. The number of esters is 1. The van der Waals surface area contributed by atoms with E-state index in [0.717, 1.165) is 5.56 Å². The molecule has 5 nitrogen and oxygen atoms in total. The van der Waals surface area contributed by atoms with Crippen molar-refractivity contribution in [3.63, 3.8) is 0 Å². The summed E-state index contributed by atoms with van der Waals surface area (Å²) in [7, 11) is -3.46. The fraction of sp³-hybridized carbons (Fsp3) is 0.533. The zero-order valence-electron chi connectivity index (χ0n) is 12.8. The molecule has 1 rings (SSSR count). The summed E-state index contributed by atoms with van der Waals surface area (Å²) in [6.07, 6.45) is 1.02. The Balaban J connectivity index is 2.82. The Morgan fingerprint density at radius 1 is 1.14 bits per heavy atom. The maximum Gasteiger partial charge on any atom is 0.370 e. The van der Waals surface area contributed by atoms with Crippen LogP contribution in [-0.4, -0.2) is 25.0 Å². The van der Waals surface area contributed by atoms with E-state index in [1.165, 1.54) is 6.92 Å². The summed E-state index contributed by atoms with van der Waals surface area (Å²) >= 11 is 0. The van der Waals surface area contributed by atoms with Crippen LogP contribution in [0.2, 0.25) is 0 Å². The molecule has 0 aliphatic rings. The second kappa shape index (κ2) is 8.98. The number of aryl methyl sites for hydroxylation is 1. The van der Waals surface area contributed by atoms with Gasteiger partial charge in [-0.1, -0.05) is 30.3 Å². The first kappa shape index (κ1) is 17.9. The van der Waals surface area contributed by atoms with Crippen LogP contribution in [-0.2, 0) is 29.6 Å². The molecule has 0 fully saturated rings. The highest BCUT2D eigenvalue weighted by Crippen LogP contribution is 2.54. The van der Waals surface area contributed by atoms with E-state index in [1.807, 2.05) is 30.3 Å². The van der Waals surface area contributed by atoms with Crippen LogP contribution in [0.25, 0.3) is 0 Å². The zero-order chi connectivity index (χ0) is 15.7. The third-order valence-electron chi connectivity index (χ3n) is 2.80. The van der Waals surface area contributed by atoms with Crippen LogP contribution in [0.1, 0.15) is 32.8 Å². The second-order valence-electron chi connectivity index (χ2n) is 4.46. The van der Waals surface area contributed by atoms with Crippen molar-refractivity contribution >= 4 is 13.6 Å². The predicted molar refractivity (Wildman–Crippen MR) is 81.2 cm³/mol. The molecule has 0 amide bonds. The van der Waals surface area contributed by atoms with E-state index in [-0.39, 0.29) is 13.2 Å². The van der Waals surface area contributed by atoms with Crippen molar-refractivity contribution in [1.82, 2.24) is 0 Å². The van der Waals surface area contributed by atoms with Gasteiger partial charge < -0.3 is 13.8 Å². The minimum absolute atomic E-state index is 0.236. The fourth-order valence-corrected chi connectivity index (χ4v) is 3.82. The van der Waals surface area contributed by atoms with E-state index in [0.29, 0.717) is 12.8 Å². The number of hydrogen-bond acceptors (Lipinski definition) is 5. The first-order chi connectivity index (χ1) is 10.0. The molecule has 1 aromatic carbocycles. The summed E-state index contributed by atoms with van der Waals surface area (Å²) in [6, 6.07) is 9.73. The maximum absolute atomic E-state index is 12.7. The smallest absolute Gasteiger partial charge is 0.370 e. The highest BCUT2D eigenvalue weighted by atomic mass is 31.2. The SMILES string of the molecule is CCOP(=O)(OCC)[C@@H](CCc1ccccc1)OC(C)=O. The Kier molecular flexibility index (Phi) is 7.65. The molecule has 1 aromatic rings. The Hall–Kier alpha value is -1.16. The number of ether oxygens (including phenoxy) is 1. The average molecular weight is 314 g/mol. The molecule has 0 unspecified atom stereocenters. The number of carbonyl (C=O) groups is 1. The lowest BCUT2D eigenvalue weighted by Gasteiger charge is -2.25. The van der Waals surface area contributed by atoms with E-state index in [4.69, 9.17) is 13.8 Å². The molecule has 0 spiro atoms. The molecule has 0 bridgehead atoms. The lowest BCUT2D eigenvalue weighted by Crippen LogP contribution is -2.20. The van der Waals surface area contributed by atoms with Gasteiger partial charge in [0.15, 0.2) is 0 Å². The van der Waals surface area contributed by atoms with Crippen LogP contribution in [0.15, 0.2) is 30.3 Å². The Bertz CT molecular complexity index is 464. The molecule has 0 heterocycles. The fourth-order valence-electron chi connectivity index (χ4n) is 1.97. The molecule has 0 aromatic heterocycles. The van der Waals surface area contributed by atoms with Gasteiger partial charge in [0.2, 0.25) is 5.85 Å². The van der Waals surface area contributed by atoms with Crippen molar-refractivity contribution in [2.24, 2.45) is 0 Å². The molecule has 6 heteroatoms. The topological polar surface area (TPSA) is 61.8 Å². The summed E-state index contributed by atoms with van der Waals surface area (Å²) in [6.45, 7) is 5.22. The van der Waals surface area contributed by atoms with Crippen LogP contribution in [0, 0.1) is 0 Å². The second-order valence-corrected chi connectivity index (χ2v) is 6.64. The van der Waals surface area contributed by atoms with Crippen molar-refractivity contribution in [2.75, 3.05) is 13.2 Å². The molecule has 0 aliphatic heterocycles. The Morgan fingerprint density at radius 3 is 2.19 bits per heavy atom. The van der Waals surface area contributed by atoms with E-state index in [9.17, 15) is 9.36 Å². The van der Waals surface area contributed by atoms with Crippen LogP contribution in [0.3, 0.4) is 0 Å². The normalized spacial score (nSPS) is 12.9. The van der Waals surface area contributed by atoms with Gasteiger partial charge in [-0.25, -0.2) is 0 Å². The summed E-state index contributed by atoms with van der Waals surface area (Å²) in [5.74, 6) is -1.37. The summed E-state index contributed by atoms with van der Waals surface area (Å²) < 4.78 is 28.5. The minimum Gasteiger partial charge on any atom is -0.450 e. The number of benzene rings is 1. The van der Waals surface area contributed by atoms with Crippen LogP contribution >= 0.6 is 7.60 Å². The molecule has 1 atom stereocenters. The van der Waals surface area contributed by atoms with E-state index in [1.54, 1.807) is 13.8 Å². The number of hydrogen-bond donors (Lipinski definition) is 0. The molecule has 0 saturated carbocycles. The van der Waals surface area contributed by atoms with Gasteiger partial charge >= 0.3 is 13.6 Å². The zero-order valence-corrected chi connectivity index (χ0v) is 13.7. The van der Waals surface area contributed by atoms with E-state index < -0.39 is 19.4 Å². The number of carbonyl (C=O) groups excluding carboxylic acids is 1. The monoisotopic (exact) mass is 314 g/mol. The molecule has 0 N–H and O–H groups in total. The average Bonchev–Trinajstić information content (AvgIpc) is 2.44. The molecule has 21 heavy (non-hydrogen) atoms. The van der Waals surface area contributed by atoms with Crippen LogP contribution in [0.5, 0.6) is 0 Å². The lowest BCUT2D eigenvalue weighted by atomic mass is 10.1. The van der Waals surface area contributed by atoms with Crippen molar-refractivity contribution in [3.8, 4) is 0 Å². The van der Waals surface area contributed by atoms with Gasteiger partial charge in [0, 0.05) is 13.3 Å². The highest BCUT2D eigenvalue weighted by Gasteiger charge is 2.37. The van der Waals surface area contributed by atoms with Gasteiger partial charge in [-0.2, -0.15) is 0 Å². The third kappa shape index (κ3) is 6.00. The van der Waals surface area contributed by atoms with Gasteiger partial charge in [0.05, 0.1) is 13.2 Å². The highest BCUT2D eigenvalue weighted by molar-refractivity contribution is 7.54. The minimum atomic E-state index is -3.46. The summed E-state index contributed by atoms with van der Waals surface area (Å²) in [5.41, 5.74) is 1.08. The van der Waals surface area contributed by atoms with Crippen molar-refractivity contribution in [1.29, 1.82) is 0 Å². The number of rotatable bonds is 9. The van der Waals surface area contributed by atoms with E-state index >= 15 is 0 Å². The molecule has 118 valence electrons. The molecule has 0 aliphatic carbocycles. The predicted octanol–water partition coefficient (Wildman–Crippen LogP) is 3.77. The van der Waals surface area contributed by atoms with Crippen LogP contribution < -0.4 is 0 Å². The van der Waals surface area contributed by atoms with Crippen molar-refractivity contribution < 1.29 is 23.1 Å². The third-order valence-corrected chi connectivity index (χ3v) is 5.10. The summed E-state index contributed by atoms with van der Waals surface area (Å²) in [5, 5.41) is 0. The first-order valence-electron chi connectivity index (χ1n) is 7.11. The van der Waals surface area contributed by atoms with Gasteiger partial charge in [0.1, 0.15) is 0 Å². The quantitative estimate of drug-likeness (QED) is 0.513. The molecular formula is C15H23O5P. The van der Waals surface area contributed by atoms with Crippen molar-refractivity contribution in [2.45, 2.75) is 39.5 Å². The van der Waals surface area contributed by atoms with Gasteiger partial charge in [0.25, 0.3) is 0 Å². The van der Waals surface area contributed by atoms with Gasteiger partial charge in [-0.05, 0) is 25.8 Å². The standard InChI is InChI=1S/C15H23O5P/c1-4-18-21(17,19-5-2)15(20-13(3)16)12-11-14-9-7-6-8-10-14/h6-10,15H,4-5,11-12H2,1-3H3/t15-/m0/s1. The van der Waals surface area contributed by atoms with Crippen molar-refractivity contribution in [3.05, 3.63) is 35.9 Å². The molecular weight excluding hydrogens is 291 g/mol. The van der Waals surface area contributed by atoms with Gasteiger partial charge in [-0.15, -0.1) is 0 Å². The maximum atomic E-state index is 12.7.